The number of halogens is 1. The maximum Gasteiger partial charge on any atom is 0.497 e. The van der Waals surface area contributed by atoms with Gasteiger partial charge in [-0.1, -0.05) is 29.8 Å². The minimum Gasteiger partial charge on any atom is -0.456 e. The van der Waals surface area contributed by atoms with Crippen molar-refractivity contribution in [1.82, 2.24) is 0 Å². The second kappa shape index (κ2) is 4.76. The highest BCUT2D eigenvalue weighted by molar-refractivity contribution is 6.69. The molecule has 0 amide bonds. The molecule has 1 fully saturated rings. The molecule has 0 radical (unpaired) electrons. The summed E-state index contributed by atoms with van der Waals surface area (Å²) in [6.45, 7) is 8.14. The highest BCUT2D eigenvalue weighted by atomic mass is 35.5. The van der Waals surface area contributed by atoms with E-state index in [2.05, 4.69) is 0 Å². The molecule has 0 aliphatic carbocycles. The number of fused-ring (bicyclic) bond motifs is 3. The lowest BCUT2D eigenvalue weighted by atomic mass is 9.76. The first kappa shape index (κ1) is 15.1. The zero-order chi connectivity index (χ0) is 16.4. The number of rotatable bonds is 1. The lowest BCUT2D eigenvalue weighted by molar-refractivity contribution is 0.00578. The van der Waals surface area contributed by atoms with Crippen LogP contribution < -0.4 is 5.46 Å². The Bertz CT molecular complexity index is 897. The topological polar surface area (TPSA) is 31.6 Å². The maximum absolute atomic E-state index is 6.53. The van der Waals surface area contributed by atoms with E-state index in [1.807, 2.05) is 64.1 Å². The van der Waals surface area contributed by atoms with Gasteiger partial charge in [0.2, 0.25) is 0 Å². The van der Waals surface area contributed by atoms with Gasteiger partial charge in [-0.3, -0.25) is 0 Å². The Morgan fingerprint density at radius 3 is 2.22 bits per heavy atom. The molecule has 0 unspecified atom stereocenters. The van der Waals surface area contributed by atoms with Crippen LogP contribution in [0.1, 0.15) is 27.7 Å². The van der Waals surface area contributed by atoms with Crippen LogP contribution in [0.3, 0.4) is 0 Å². The predicted octanol–water partition coefficient (Wildman–Crippen LogP) is 4.54. The lowest BCUT2D eigenvalue weighted by Crippen LogP contribution is -2.41. The molecule has 0 N–H and O–H groups in total. The fraction of sp³-hybridized carbons (Fsp3) is 0.333. The molecule has 23 heavy (non-hydrogen) atoms. The molecule has 0 atom stereocenters. The van der Waals surface area contributed by atoms with E-state index >= 15 is 0 Å². The normalized spacial score (nSPS) is 19.8. The molecule has 0 saturated carbocycles. The van der Waals surface area contributed by atoms with Gasteiger partial charge in [0.1, 0.15) is 11.2 Å². The van der Waals surface area contributed by atoms with Crippen LogP contribution in [0.2, 0.25) is 5.02 Å². The summed E-state index contributed by atoms with van der Waals surface area (Å²) in [5, 5.41) is 2.61. The minimum atomic E-state index is -0.516. The summed E-state index contributed by atoms with van der Waals surface area (Å²) in [5.74, 6) is 0. The second-order valence-corrected chi connectivity index (χ2v) is 7.43. The zero-order valence-corrected chi connectivity index (χ0v) is 14.4. The summed E-state index contributed by atoms with van der Waals surface area (Å²) in [6.07, 6.45) is 0. The van der Waals surface area contributed by atoms with Gasteiger partial charge in [-0.05, 0) is 45.9 Å². The van der Waals surface area contributed by atoms with Crippen LogP contribution in [0.4, 0.5) is 0 Å². The third kappa shape index (κ3) is 2.13. The molecule has 3 nitrogen and oxygen atoms in total. The number of hydrogen-bond donors (Lipinski definition) is 0. The van der Waals surface area contributed by atoms with Crippen molar-refractivity contribution in [2.75, 3.05) is 0 Å². The molecule has 4 rings (SSSR count). The number of furan rings is 1. The van der Waals surface area contributed by atoms with Crippen molar-refractivity contribution in [3.8, 4) is 0 Å². The standard InChI is InChI=1S/C18H18BClO3/c1-17(2)18(3,4)23-19(22-17)16-12(20)9-10-14-15(16)11-7-5-6-8-13(11)21-14/h5-10H,1-4H3. The molecule has 3 aromatic rings. The smallest absolute Gasteiger partial charge is 0.456 e. The Balaban J connectivity index is 1.99. The third-order valence-corrected chi connectivity index (χ3v) is 5.35. The minimum absolute atomic E-state index is 0.414. The van der Waals surface area contributed by atoms with Crippen molar-refractivity contribution in [2.45, 2.75) is 38.9 Å². The molecule has 0 spiro atoms. The van der Waals surface area contributed by atoms with Gasteiger partial charge in [-0.15, -0.1) is 0 Å². The molecule has 1 aliphatic heterocycles. The summed E-state index contributed by atoms with van der Waals surface area (Å²) in [7, 11) is -0.516. The van der Waals surface area contributed by atoms with E-state index < -0.39 is 18.3 Å². The van der Waals surface area contributed by atoms with Crippen molar-refractivity contribution in [2.24, 2.45) is 0 Å². The number of para-hydroxylation sites is 1. The molecule has 5 heteroatoms. The van der Waals surface area contributed by atoms with Crippen LogP contribution >= 0.6 is 11.6 Å². The molecular formula is C18H18BClO3. The van der Waals surface area contributed by atoms with Gasteiger partial charge in [0.05, 0.1) is 11.2 Å². The SMILES string of the molecule is CC1(C)OB(c2c(Cl)ccc3oc4ccccc4c23)OC1(C)C. The Hall–Kier alpha value is -1.49. The molecule has 2 heterocycles. The summed E-state index contributed by atoms with van der Waals surface area (Å²) < 4.78 is 18.4. The number of benzene rings is 2. The largest absolute Gasteiger partial charge is 0.497 e. The van der Waals surface area contributed by atoms with Crippen molar-refractivity contribution >= 4 is 46.1 Å². The van der Waals surface area contributed by atoms with Crippen LogP contribution in [0.25, 0.3) is 21.9 Å². The first-order chi connectivity index (χ1) is 10.8. The quantitative estimate of drug-likeness (QED) is 0.615. The van der Waals surface area contributed by atoms with Crippen LogP contribution in [-0.2, 0) is 9.31 Å². The van der Waals surface area contributed by atoms with E-state index in [9.17, 15) is 0 Å². The van der Waals surface area contributed by atoms with Crippen LogP contribution in [0.15, 0.2) is 40.8 Å². The van der Waals surface area contributed by atoms with Crippen molar-refractivity contribution < 1.29 is 13.7 Å². The summed E-state index contributed by atoms with van der Waals surface area (Å²) in [6, 6.07) is 11.7. The second-order valence-electron chi connectivity index (χ2n) is 7.02. The molecule has 1 saturated heterocycles. The number of hydrogen-bond acceptors (Lipinski definition) is 3. The van der Waals surface area contributed by atoms with Gasteiger partial charge < -0.3 is 13.7 Å². The van der Waals surface area contributed by atoms with Gasteiger partial charge in [0.25, 0.3) is 0 Å². The molecule has 1 aliphatic rings. The first-order valence-corrected chi connectivity index (χ1v) is 8.13. The van der Waals surface area contributed by atoms with Gasteiger partial charge in [0.15, 0.2) is 0 Å². The Kier molecular flexibility index (Phi) is 3.12. The van der Waals surface area contributed by atoms with Crippen LogP contribution in [0.5, 0.6) is 0 Å². The van der Waals surface area contributed by atoms with Crippen molar-refractivity contribution in [1.29, 1.82) is 0 Å². The Labute approximate surface area is 140 Å². The summed E-state index contributed by atoms with van der Waals surface area (Å²) in [4.78, 5) is 0. The third-order valence-electron chi connectivity index (χ3n) is 5.02. The van der Waals surface area contributed by atoms with E-state index in [0.29, 0.717) is 5.02 Å². The zero-order valence-electron chi connectivity index (χ0n) is 13.6. The van der Waals surface area contributed by atoms with Crippen LogP contribution in [0, 0.1) is 0 Å². The molecule has 1 aromatic heterocycles. The fourth-order valence-corrected chi connectivity index (χ4v) is 3.26. The summed E-state index contributed by atoms with van der Waals surface area (Å²) in [5.41, 5.74) is 1.64. The van der Waals surface area contributed by atoms with Gasteiger partial charge in [-0.2, -0.15) is 0 Å². The van der Waals surface area contributed by atoms with E-state index in [1.165, 1.54) is 0 Å². The van der Waals surface area contributed by atoms with E-state index in [4.69, 9.17) is 25.3 Å². The van der Waals surface area contributed by atoms with Crippen molar-refractivity contribution in [3.63, 3.8) is 0 Å². The lowest BCUT2D eigenvalue weighted by Gasteiger charge is -2.32. The van der Waals surface area contributed by atoms with E-state index in [1.54, 1.807) is 0 Å². The fourth-order valence-electron chi connectivity index (χ4n) is 3.01. The van der Waals surface area contributed by atoms with E-state index in [0.717, 1.165) is 27.4 Å². The average molecular weight is 329 g/mol. The average Bonchev–Trinajstić information content (AvgIpc) is 2.94. The van der Waals surface area contributed by atoms with Crippen molar-refractivity contribution in [3.05, 3.63) is 41.4 Å². The molecule has 2 aromatic carbocycles. The van der Waals surface area contributed by atoms with Gasteiger partial charge in [0, 0.05) is 21.3 Å². The highest BCUT2D eigenvalue weighted by Crippen LogP contribution is 2.39. The van der Waals surface area contributed by atoms with Gasteiger partial charge >= 0.3 is 7.12 Å². The predicted molar refractivity (Wildman–Crippen MR) is 94.4 cm³/mol. The van der Waals surface area contributed by atoms with E-state index in [-0.39, 0.29) is 0 Å². The Morgan fingerprint density at radius 1 is 0.870 bits per heavy atom. The summed E-state index contributed by atoms with van der Waals surface area (Å²) >= 11 is 6.53. The highest BCUT2D eigenvalue weighted by Gasteiger charge is 2.52. The molecule has 118 valence electrons. The Morgan fingerprint density at radius 2 is 1.52 bits per heavy atom. The molecule has 0 bridgehead atoms. The molecular weight excluding hydrogens is 310 g/mol. The van der Waals surface area contributed by atoms with Crippen LogP contribution in [-0.4, -0.2) is 18.3 Å². The first-order valence-electron chi connectivity index (χ1n) is 7.75. The van der Waals surface area contributed by atoms with Gasteiger partial charge in [-0.25, -0.2) is 0 Å². The maximum atomic E-state index is 6.53. The monoisotopic (exact) mass is 328 g/mol.